The molecule has 0 aliphatic carbocycles. The van der Waals surface area contributed by atoms with Gasteiger partial charge in [0.15, 0.2) is 0 Å². The van der Waals surface area contributed by atoms with Crippen molar-refractivity contribution in [2.24, 2.45) is 17.3 Å². The second-order valence-corrected chi connectivity index (χ2v) is 7.36. The fraction of sp³-hybridized carbons (Fsp3) is 0.722. The molecule has 3 heteroatoms. The Morgan fingerprint density at radius 2 is 2.05 bits per heavy atom. The molecule has 0 radical (unpaired) electrons. The number of nitrogens with one attached hydrogen (secondary N) is 1. The van der Waals surface area contributed by atoms with Crippen LogP contribution in [-0.2, 0) is 4.79 Å². The summed E-state index contributed by atoms with van der Waals surface area (Å²) in [5.41, 5.74) is 2.17. The van der Waals surface area contributed by atoms with E-state index in [0.29, 0.717) is 5.92 Å². The highest BCUT2D eigenvalue weighted by Gasteiger charge is 2.30. The lowest BCUT2D eigenvalue weighted by Gasteiger charge is -2.36. The van der Waals surface area contributed by atoms with E-state index in [-0.39, 0.29) is 17.4 Å². The number of nitrogens with zero attached hydrogens (tertiary/aromatic N) is 1. The van der Waals surface area contributed by atoms with Crippen LogP contribution in [0.25, 0.3) is 0 Å². The fourth-order valence-corrected chi connectivity index (χ4v) is 2.55. The number of carbonyl (C=O) groups excluding carboxylic acids is 1. The minimum Gasteiger partial charge on any atom is -0.380 e. The van der Waals surface area contributed by atoms with Crippen molar-refractivity contribution in [3.63, 3.8) is 0 Å². The molecule has 0 aromatic heterocycles. The molecular formula is C18H32N2O. The summed E-state index contributed by atoms with van der Waals surface area (Å²) >= 11 is 0. The SMILES string of the molecule is C=C(C(NC(=C)C(C)(C)C)C(C)CC)N1CCC(C=O)C1. The van der Waals surface area contributed by atoms with Crippen LogP contribution < -0.4 is 5.32 Å². The van der Waals surface area contributed by atoms with Crippen LogP contribution in [0.3, 0.4) is 0 Å². The van der Waals surface area contributed by atoms with E-state index < -0.39 is 0 Å². The van der Waals surface area contributed by atoms with Crippen LogP contribution in [0, 0.1) is 17.3 Å². The van der Waals surface area contributed by atoms with Gasteiger partial charge >= 0.3 is 0 Å². The Bertz CT molecular complexity index is 395. The van der Waals surface area contributed by atoms with Crippen LogP contribution >= 0.6 is 0 Å². The summed E-state index contributed by atoms with van der Waals surface area (Å²) in [7, 11) is 0. The Morgan fingerprint density at radius 3 is 2.48 bits per heavy atom. The van der Waals surface area contributed by atoms with Crippen molar-refractivity contribution in [3.05, 3.63) is 24.6 Å². The maximum Gasteiger partial charge on any atom is 0.124 e. The van der Waals surface area contributed by atoms with Crippen LogP contribution in [0.4, 0.5) is 0 Å². The highest BCUT2D eigenvalue weighted by molar-refractivity contribution is 5.54. The Kier molecular flexibility index (Phi) is 6.06. The highest BCUT2D eigenvalue weighted by atomic mass is 16.1. The first-order chi connectivity index (χ1) is 9.70. The lowest BCUT2D eigenvalue weighted by molar-refractivity contribution is -0.110. The third-order valence-corrected chi connectivity index (χ3v) is 4.63. The Labute approximate surface area is 130 Å². The molecule has 21 heavy (non-hydrogen) atoms. The number of hydrogen-bond acceptors (Lipinski definition) is 3. The predicted octanol–water partition coefficient (Wildman–Crippen LogP) is 3.59. The average Bonchev–Trinajstić information content (AvgIpc) is 2.90. The second-order valence-electron chi connectivity index (χ2n) is 7.36. The molecule has 1 heterocycles. The van der Waals surface area contributed by atoms with Gasteiger partial charge in [0.2, 0.25) is 0 Å². The molecule has 120 valence electrons. The molecule has 0 aromatic carbocycles. The van der Waals surface area contributed by atoms with Crippen LogP contribution in [-0.4, -0.2) is 30.3 Å². The first-order valence-corrected chi connectivity index (χ1v) is 8.05. The minimum absolute atomic E-state index is 0.0301. The van der Waals surface area contributed by atoms with Crippen molar-refractivity contribution < 1.29 is 4.79 Å². The third-order valence-electron chi connectivity index (χ3n) is 4.63. The molecule has 1 rings (SSSR count). The van der Waals surface area contributed by atoms with Gasteiger partial charge in [0.1, 0.15) is 6.29 Å². The van der Waals surface area contributed by atoms with Gasteiger partial charge in [-0.05, 0) is 12.3 Å². The Balaban J connectivity index is 2.80. The monoisotopic (exact) mass is 292 g/mol. The van der Waals surface area contributed by atoms with Gasteiger partial charge in [0, 0.05) is 35.8 Å². The first-order valence-electron chi connectivity index (χ1n) is 8.05. The normalized spacial score (nSPS) is 21.8. The molecule has 1 fully saturated rings. The van der Waals surface area contributed by atoms with Gasteiger partial charge in [-0.3, -0.25) is 0 Å². The standard InChI is InChI=1S/C18H32N2O/c1-8-13(2)17(19-15(4)18(5,6)7)14(3)20-10-9-16(11-20)12-21/h12-13,16-17,19H,3-4,8-11H2,1-2,5-7H3. The van der Waals surface area contributed by atoms with Gasteiger partial charge in [-0.2, -0.15) is 0 Å². The molecule has 3 nitrogen and oxygen atoms in total. The summed E-state index contributed by atoms with van der Waals surface area (Å²) in [6, 6.07) is 0.187. The summed E-state index contributed by atoms with van der Waals surface area (Å²) in [5, 5.41) is 3.59. The van der Waals surface area contributed by atoms with Crippen LogP contribution in [0.1, 0.15) is 47.5 Å². The van der Waals surface area contributed by atoms with Gasteiger partial charge in [0.05, 0.1) is 6.04 Å². The lowest BCUT2D eigenvalue weighted by Crippen LogP contribution is -2.43. The van der Waals surface area contributed by atoms with E-state index in [1.807, 2.05) is 0 Å². The van der Waals surface area contributed by atoms with E-state index in [2.05, 4.69) is 58.0 Å². The third kappa shape index (κ3) is 4.62. The summed E-state index contributed by atoms with van der Waals surface area (Å²) in [6.07, 6.45) is 3.10. The molecule has 0 amide bonds. The number of aldehydes is 1. The topological polar surface area (TPSA) is 32.3 Å². The number of allylic oxidation sites excluding steroid dienone is 1. The quantitative estimate of drug-likeness (QED) is 0.728. The molecule has 0 saturated carbocycles. The van der Waals surface area contributed by atoms with Gasteiger partial charge < -0.3 is 15.0 Å². The maximum absolute atomic E-state index is 11.0. The highest BCUT2D eigenvalue weighted by Crippen LogP contribution is 2.28. The molecule has 1 aliphatic rings. The van der Waals surface area contributed by atoms with E-state index in [9.17, 15) is 4.79 Å². The van der Waals surface area contributed by atoms with Gasteiger partial charge in [-0.15, -0.1) is 0 Å². The summed E-state index contributed by atoms with van der Waals surface area (Å²) in [5.74, 6) is 0.636. The van der Waals surface area contributed by atoms with Crippen LogP contribution in [0.2, 0.25) is 0 Å². The molecule has 1 saturated heterocycles. The van der Waals surface area contributed by atoms with E-state index in [1.54, 1.807) is 0 Å². The molecule has 1 N–H and O–H groups in total. The van der Waals surface area contributed by atoms with Gasteiger partial charge in [0.25, 0.3) is 0 Å². The summed E-state index contributed by atoms with van der Waals surface area (Å²) in [4.78, 5) is 13.2. The van der Waals surface area contributed by atoms with Gasteiger partial charge in [-0.1, -0.05) is 54.2 Å². The zero-order valence-corrected chi connectivity index (χ0v) is 14.4. The van der Waals surface area contributed by atoms with Crippen LogP contribution in [0.15, 0.2) is 24.6 Å². The van der Waals surface area contributed by atoms with E-state index in [4.69, 9.17) is 0 Å². The second kappa shape index (κ2) is 7.15. The molecule has 1 aliphatic heterocycles. The van der Waals surface area contributed by atoms with E-state index >= 15 is 0 Å². The van der Waals surface area contributed by atoms with Crippen molar-refractivity contribution in [1.82, 2.24) is 10.2 Å². The number of likely N-dealkylation sites (tertiary alicyclic amines) is 1. The van der Waals surface area contributed by atoms with Crippen molar-refractivity contribution in [2.45, 2.75) is 53.5 Å². The van der Waals surface area contributed by atoms with Gasteiger partial charge in [-0.25, -0.2) is 0 Å². The number of hydrogen-bond donors (Lipinski definition) is 1. The fourth-order valence-electron chi connectivity index (χ4n) is 2.55. The Morgan fingerprint density at radius 1 is 1.43 bits per heavy atom. The van der Waals surface area contributed by atoms with Crippen LogP contribution in [0.5, 0.6) is 0 Å². The molecular weight excluding hydrogens is 260 g/mol. The predicted molar refractivity (Wildman–Crippen MR) is 89.9 cm³/mol. The zero-order chi connectivity index (χ0) is 16.2. The maximum atomic E-state index is 11.0. The van der Waals surface area contributed by atoms with Crippen molar-refractivity contribution >= 4 is 6.29 Å². The molecule has 0 aromatic rings. The first kappa shape index (κ1) is 17.8. The lowest BCUT2D eigenvalue weighted by atomic mass is 9.89. The van der Waals surface area contributed by atoms with Crippen molar-refractivity contribution in [1.29, 1.82) is 0 Å². The molecule has 0 bridgehead atoms. The zero-order valence-electron chi connectivity index (χ0n) is 14.4. The summed E-state index contributed by atoms with van der Waals surface area (Å²) < 4.78 is 0. The molecule has 0 spiro atoms. The summed E-state index contributed by atoms with van der Waals surface area (Å²) in [6.45, 7) is 21.2. The minimum atomic E-state index is 0.0301. The van der Waals surface area contributed by atoms with Crippen molar-refractivity contribution in [3.8, 4) is 0 Å². The van der Waals surface area contributed by atoms with E-state index in [0.717, 1.165) is 43.6 Å². The smallest absolute Gasteiger partial charge is 0.124 e. The van der Waals surface area contributed by atoms with E-state index in [1.165, 1.54) is 0 Å². The molecule has 3 atom stereocenters. The number of rotatable bonds is 7. The van der Waals surface area contributed by atoms with Crippen molar-refractivity contribution in [2.75, 3.05) is 13.1 Å². The largest absolute Gasteiger partial charge is 0.380 e. The number of carbonyl (C=O) groups is 1. The molecule has 3 unspecified atom stereocenters. The average molecular weight is 292 g/mol. The Hall–Kier alpha value is -1.25.